The Morgan fingerprint density at radius 2 is 1.66 bits per heavy atom. The molecule has 1 N–H and O–H groups in total. The van der Waals surface area contributed by atoms with Crippen LogP contribution < -0.4 is 10.2 Å². The minimum atomic E-state index is 0.266. The molecule has 1 aromatic heterocycles. The molecule has 0 aliphatic rings. The zero-order chi connectivity index (χ0) is 20.5. The second kappa shape index (κ2) is 10.6. The Morgan fingerprint density at radius 1 is 0.966 bits per heavy atom. The van der Waals surface area contributed by atoms with Crippen molar-refractivity contribution in [3.8, 4) is 11.3 Å². The fourth-order valence-electron chi connectivity index (χ4n) is 3.11. The molecule has 152 valence electrons. The standard InChI is InChI=1S/C24H30N4O/c1-19(2)28(18-20-11-6-4-7-12-20)24-26-22(21-13-8-5-9-14-21)17-23(27-24)25-15-10-16-29-3/h4-9,11-14,17,19H,10,15-16,18H2,1-3H3,(H,25,26,27). The van der Waals surface area contributed by atoms with Gasteiger partial charge in [0.1, 0.15) is 5.82 Å². The number of benzene rings is 2. The number of anilines is 2. The van der Waals surface area contributed by atoms with Crippen molar-refractivity contribution < 1.29 is 4.74 Å². The summed E-state index contributed by atoms with van der Waals surface area (Å²) in [5.41, 5.74) is 3.24. The first kappa shape index (κ1) is 20.8. The van der Waals surface area contributed by atoms with Crippen LogP contribution in [0.4, 0.5) is 11.8 Å². The molecule has 0 aliphatic heterocycles. The van der Waals surface area contributed by atoms with Gasteiger partial charge in [-0.3, -0.25) is 0 Å². The van der Waals surface area contributed by atoms with Crippen molar-refractivity contribution in [2.45, 2.75) is 32.9 Å². The molecule has 0 bridgehead atoms. The monoisotopic (exact) mass is 390 g/mol. The normalized spacial score (nSPS) is 10.9. The van der Waals surface area contributed by atoms with Gasteiger partial charge in [-0.2, -0.15) is 4.98 Å². The predicted molar refractivity (Wildman–Crippen MR) is 120 cm³/mol. The van der Waals surface area contributed by atoms with E-state index in [1.165, 1.54) is 5.56 Å². The average Bonchev–Trinajstić information content (AvgIpc) is 2.76. The van der Waals surface area contributed by atoms with Crippen molar-refractivity contribution in [3.63, 3.8) is 0 Å². The van der Waals surface area contributed by atoms with E-state index >= 15 is 0 Å². The van der Waals surface area contributed by atoms with Crippen LogP contribution in [0.5, 0.6) is 0 Å². The van der Waals surface area contributed by atoms with E-state index in [-0.39, 0.29) is 6.04 Å². The molecular formula is C24H30N4O. The van der Waals surface area contributed by atoms with Gasteiger partial charge in [0.2, 0.25) is 5.95 Å². The maximum absolute atomic E-state index is 5.15. The predicted octanol–water partition coefficient (Wildman–Crippen LogP) is 5.01. The molecule has 5 heteroatoms. The number of methoxy groups -OCH3 is 1. The van der Waals surface area contributed by atoms with Crippen LogP contribution in [0.25, 0.3) is 11.3 Å². The lowest BCUT2D eigenvalue weighted by Crippen LogP contribution is -2.32. The number of aromatic nitrogens is 2. The SMILES string of the molecule is COCCCNc1cc(-c2ccccc2)nc(N(Cc2ccccc2)C(C)C)n1. The smallest absolute Gasteiger partial charge is 0.228 e. The highest BCUT2D eigenvalue weighted by atomic mass is 16.5. The zero-order valence-electron chi connectivity index (χ0n) is 17.5. The fraction of sp³-hybridized carbons (Fsp3) is 0.333. The van der Waals surface area contributed by atoms with Gasteiger partial charge >= 0.3 is 0 Å². The summed E-state index contributed by atoms with van der Waals surface area (Å²) >= 11 is 0. The van der Waals surface area contributed by atoms with Crippen molar-refractivity contribution in [2.24, 2.45) is 0 Å². The van der Waals surface area contributed by atoms with Crippen molar-refractivity contribution in [3.05, 3.63) is 72.3 Å². The zero-order valence-corrected chi connectivity index (χ0v) is 17.5. The van der Waals surface area contributed by atoms with Gasteiger partial charge in [-0.15, -0.1) is 0 Å². The number of nitrogens with one attached hydrogen (secondary N) is 1. The van der Waals surface area contributed by atoms with Crippen LogP contribution >= 0.6 is 0 Å². The minimum absolute atomic E-state index is 0.266. The summed E-state index contributed by atoms with van der Waals surface area (Å²) in [5.74, 6) is 1.57. The van der Waals surface area contributed by atoms with E-state index in [2.05, 4.69) is 60.5 Å². The van der Waals surface area contributed by atoms with Crippen LogP contribution in [0.3, 0.4) is 0 Å². The molecule has 0 saturated heterocycles. The number of rotatable bonds is 10. The van der Waals surface area contributed by atoms with E-state index in [0.29, 0.717) is 0 Å². The lowest BCUT2D eigenvalue weighted by molar-refractivity contribution is 0.198. The highest BCUT2D eigenvalue weighted by Gasteiger charge is 2.17. The van der Waals surface area contributed by atoms with Gasteiger partial charge < -0.3 is 15.0 Å². The van der Waals surface area contributed by atoms with Crippen LogP contribution in [-0.2, 0) is 11.3 Å². The molecule has 5 nitrogen and oxygen atoms in total. The minimum Gasteiger partial charge on any atom is -0.385 e. The van der Waals surface area contributed by atoms with E-state index in [0.717, 1.165) is 49.1 Å². The summed E-state index contributed by atoms with van der Waals surface area (Å²) in [7, 11) is 1.72. The van der Waals surface area contributed by atoms with Crippen LogP contribution in [0.15, 0.2) is 66.7 Å². The van der Waals surface area contributed by atoms with E-state index in [4.69, 9.17) is 14.7 Å². The molecule has 1 heterocycles. The number of hydrogen-bond donors (Lipinski definition) is 1. The summed E-state index contributed by atoms with van der Waals surface area (Å²) in [6.07, 6.45) is 0.925. The van der Waals surface area contributed by atoms with E-state index in [1.807, 2.05) is 30.3 Å². The summed E-state index contributed by atoms with van der Waals surface area (Å²) in [5, 5.41) is 3.43. The van der Waals surface area contributed by atoms with Crippen molar-refractivity contribution in [1.29, 1.82) is 0 Å². The highest BCUT2D eigenvalue weighted by molar-refractivity contribution is 5.64. The third-order valence-electron chi connectivity index (χ3n) is 4.69. The molecule has 0 atom stereocenters. The number of ether oxygens (including phenoxy) is 1. The molecule has 0 spiro atoms. The lowest BCUT2D eigenvalue weighted by Gasteiger charge is -2.27. The van der Waals surface area contributed by atoms with Gasteiger partial charge in [-0.1, -0.05) is 60.7 Å². The quantitative estimate of drug-likeness (QED) is 0.493. The Balaban J connectivity index is 1.93. The Kier molecular flexibility index (Phi) is 7.59. The van der Waals surface area contributed by atoms with Crippen LogP contribution in [0, 0.1) is 0 Å². The van der Waals surface area contributed by atoms with Gasteiger partial charge in [0.25, 0.3) is 0 Å². The van der Waals surface area contributed by atoms with E-state index < -0.39 is 0 Å². The number of hydrogen-bond acceptors (Lipinski definition) is 5. The molecule has 0 saturated carbocycles. The average molecular weight is 391 g/mol. The van der Waals surface area contributed by atoms with Gasteiger partial charge in [0.05, 0.1) is 5.69 Å². The Hall–Kier alpha value is -2.92. The Bertz CT molecular complexity index is 869. The van der Waals surface area contributed by atoms with E-state index in [1.54, 1.807) is 7.11 Å². The molecule has 0 aliphatic carbocycles. The first-order valence-electron chi connectivity index (χ1n) is 10.1. The second-order valence-corrected chi connectivity index (χ2v) is 7.28. The lowest BCUT2D eigenvalue weighted by atomic mass is 10.1. The molecule has 2 aromatic carbocycles. The Morgan fingerprint density at radius 3 is 2.31 bits per heavy atom. The van der Waals surface area contributed by atoms with E-state index in [9.17, 15) is 0 Å². The summed E-state index contributed by atoms with van der Waals surface area (Å²) < 4.78 is 5.15. The van der Waals surface area contributed by atoms with Gasteiger partial charge in [0, 0.05) is 44.5 Å². The third-order valence-corrected chi connectivity index (χ3v) is 4.69. The maximum Gasteiger partial charge on any atom is 0.228 e. The molecule has 0 amide bonds. The first-order valence-corrected chi connectivity index (χ1v) is 10.1. The van der Waals surface area contributed by atoms with Gasteiger partial charge in [-0.05, 0) is 25.8 Å². The summed E-state index contributed by atoms with van der Waals surface area (Å²) in [6, 6.07) is 23.0. The third kappa shape index (κ3) is 6.03. The van der Waals surface area contributed by atoms with Gasteiger partial charge in [-0.25, -0.2) is 4.98 Å². The molecule has 3 rings (SSSR count). The van der Waals surface area contributed by atoms with Crippen molar-refractivity contribution >= 4 is 11.8 Å². The van der Waals surface area contributed by atoms with Crippen LogP contribution in [0.1, 0.15) is 25.8 Å². The fourth-order valence-corrected chi connectivity index (χ4v) is 3.11. The second-order valence-electron chi connectivity index (χ2n) is 7.28. The molecule has 0 unspecified atom stereocenters. The summed E-state index contributed by atoms with van der Waals surface area (Å²) in [6.45, 7) is 6.64. The Labute approximate surface area is 173 Å². The molecule has 29 heavy (non-hydrogen) atoms. The summed E-state index contributed by atoms with van der Waals surface area (Å²) in [4.78, 5) is 12.0. The first-order chi connectivity index (χ1) is 14.2. The molecule has 3 aromatic rings. The molecule has 0 fully saturated rings. The molecule has 0 radical (unpaired) electrons. The number of nitrogens with zero attached hydrogens (tertiary/aromatic N) is 3. The van der Waals surface area contributed by atoms with Crippen LogP contribution in [0.2, 0.25) is 0 Å². The van der Waals surface area contributed by atoms with Crippen molar-refractivity contribution in [2.75, 3.05) is 30.5 Å². The highest BCUT2D eigenvalue weighted by Crippen LogP contribution is 2.25. The topological polar surface area (TPSA) is 50.3 Å². The van der Waals surface area contributed by atoms with Gasteiger partial charge in [0.15, 0.2) is 0 Å². The van der Waals surface area contributed by atoms with Crippen molar-refractivity contribution in [1.82, 2.24) is 9.97 Å². The maximum atomic E-state index is 5.15. The molecular weight excluding hydrogens is 360 g/mol. The largest absolute Gasteiger partial charge is 0.385 e. The van der Waals surface area contributed by atoms with Crippen LogP contribution in [-0.4, -0.2) is 36.3 Å².